The lowest BCUT2D eigenvalue weighted by molar-refractivity contribution is -0.169. The molecule has 4 unspecified atom stereocenters. The highest BCUT2D eigenvalue weighted by molar-refractivity contribution is 7.87. The number of aliphatic carboxylic acids is 1. The van der Waals surface area contributed by atoms with E-state index in [2.05, 4.69) is 0 Å². The molecule has 0 spiro atoms. The Balaban J connectivity index is 1.50. The predicted molar refractivity (Wildman–Crippen MR) is 134 cm³/mol. The van der Waals surface area contributed by atoms with E-state index in [1.54, 1.807) is 12.1 Å². The largest absolute Gasteiger partial charge is 0.481 e. The number of halogens is 1. The van der Waals surface area contributed by atoms with E-state index < -0.39 is 23.1 Å². The number of para-hydroxylation sites is 1. The summed E-state index contributed by atoms with van der Waals surface area (Å²) in [5, 5.41) is 10.1. The number of carboxylic acids is 1. The lowest BCUT2D eigenvalue weighted by atomic mass is 9.97. The highest BCUT2D eigenvalue weighted by atomic mass is 35.5. The Labute approximate surface area is 212 Å². The summed E-state index contributed by atoms with van der Waals surface area (Å²) in [6.07, 6.45) is 2.42. The minimum absolute atomic E-state index is 0.141. The van der Waals surface area contributed by atoms with Gasteiger partial charge in [0.1, 0.15) is 17.1 Å². The molecule has 3 aliphatic rings. The van der Waals surface area contributed by atoms with Gasteiger partial charge in [0.2, 0.25) is 0 Å². The third-order valence-electron chi connectivity index (χ3n) is 6.88. The fourth-order valence-electron chi connectivity index (χ4n) is 4.76. The fourth-order valence-corrected chi connectivity index (χ4v) is 6.42. The summed E-state index contributed by atoms with van der Waals surface area (Å²) in [6, 6.07) is 16.4. The molecule has 1 aliphatic heterocycles. The number of carbonyl (C=O) groups is 2. The van der Waals surface area contributed by atoms with Gasteiger partial charge >= 0.3 is 5.97 Å². The van der Waals surface area contributed by atoms with Crippen LogP contribution in [0.3, 0.4) is 0 Å². The van der Waals surface area contributed by atoms with E-state index in [4.69, 9.17) is 16.3 Å². The van der Waals surface area contributed by atoms with Crippen molar-refractivity contribution < 1.29 is 23.6 Å². The second-order valence-electron chi connectivity index (χ2n) is 9.51. The van der Waals surface area contributed by atoms with E-state index in [9.17, 15) is 18.9 Å². The number of carbonyl (C=O) groups excluding carboxylic acids is 1. The van der Waals surface area contributed by atoms with Crippen LogP contribution >= 0.6 is 11.6 Å². The van der Waals surface area contributed by atoms with E-state index in [-0.39, 0.29) is 42.2 Å². The van der Waals surface area contributed by atoms with Gasteiger partial charge in [-0.05, 0) is 61.4 Å². The smallest absolute Gasteiger partial charge is 0.306 e. The SMILES string of the molecule is O=C(O)CC1OCC(c2ccc(Cl)cc2)N(C(CN(c2ccccc2)S(=O)C2CC2)C2CC2)C1=O. The van der Waals surface area contributed by atoms with Crippen LogP contribution in [0.1, 0.15) is 43.7 Å². The molecule has 3 fully saturated rings. The van der Waals surface area contributed by atoms with E-state index in [0.717, 1.165) is 36.9 Å². The molecule has 1 heterocycles. The lowest BCUT2D eigenvalue weighted by Crippen LogP contribution is -2.58. The highest BCUT2D eigenvalue weighted by Crippen LogP contribution is 2.42. The van der Waals surface area contributed by atoms with Crippen LogP contribution in [-0.2, 0) is 25.3 Å². The Bertz CT molecular complexity index is 1090. The molecular formula is C26H29ClN2O5S. The van der Waals surface area contributed by atoms with Gasteiger partial charge < -0.3 is 14.7 Å². The standard InChI is InChI=1S/C26H29ClN2O5S/c27-19-10-8-18(9-11-19)23-16-34-24(14-25(30)31)26(32)29(23)22(17-6-7-17)15-28(35(33)21-12-13-21)20-4-2-1-3-5-20/h1-5,8-11,17,21-24H,6-7,12-16H2,(H,30,31). The van der Waals surface area contributed by atoms with E-state index >= 15 is 0 Å². The van der Waals surface area contributed by atoms with Gasteiger partial charge in [0.05, 0.1) is 36.9 Å². The molecule has 35 heavy (non-hydrogen) atoms. The number of hydrogen-bond acceptors (Lipinski definition) is 4. The van der Waals surface area contributed by atoms with Crippen LogP contribution in [0, 0.1) is 5.92 Å². The van der Waals surface area contributed by atoms with Crippen molar-refractivity contribution in [3.8, 4) is 0 Å². The molecule has 0 radical (unpaired) electrons. The third kappa shape index (κ3) is 5.55. The minimum Gasteiger partial charge on any atom is -0.481 e. The second kappa shape index (κ2) is 10.3. The zero-order chi connectivity index (χ0) is 24.5. The summed E-state index contributed by atoms with van der Waals surface area (Å²) in [4.78, 5) is 27.0. The maximum absolute atomic E-state index is 13.7. The van der Waals surface area contributed by atoms with E-state index in [1.807, 2.05) is 51.7 Å². The molecule has 9 heteroatoms. The molecule has 186 valence electrons. The average molecular weight is 517 g/mol. The van der Waals surface area contributed by atoms with Crippen LogP contribution in [0.25, 0.3) is 0 Å². The number of morpholine rings is 1. The Hall–Kier alpha value is -2.42. The number of anilines is 1. The Kier molecular flexibility index (Phi) is 7.14. The molecule has 0 aromatic heterocycles. The molecule has 1 saturated heterocycles. The van der Waals surface area contributed by atoms with Crippen molar-refractivity contribution in [3.63, 3.8) is 0 Å². The van der Waals surface area contributed by atoms with Gasteiger partial charge in [-0.15, -0.1) is 0 Å². The number of nitrogens with zero attached hydrogens (tertiary/aromatic N) is 2. The molecule has 2 aromatic carbocycles. The summed E-state index contributed by atoms with van der Waals surface area (Å²) in [7, 11) is -1.20. The van der Waals surface area contributed by atoms with Gasteiger partial charge in [0.15, 0.2) is 0 Å². The average Bonchev–Trinajstić information content (AvgIpc) is 3.76. The molecule has 7 nitrogen and oxygen atoms in total. The maximum atomic E-state index is 13.7. The summed E-state index contributed by atoms with van der Waals surface area (Å²) in [5.74, 6) is -1.13. The van der Waals surface area contributed by atoms with Crippen molar-refractivity contribution in [1.82, 2.24) is 4.90 Å². The van der Waals surface area contributed by atoms with Crippen molar-refractivity contribution in [2.75, 3.05) is 17.5 Å². The van der Waals surface area contributed by atoms with Crippen LogP contribution in [0.15, 0.2) is 54.6 Å². The highest BCUT2D eigenvalue weighted by Gasteiger charge is 2.48. The summed E-state index contributed by atoms with van der Waals surface area (Å²) >= 11 is 6.11. The molecular weight excluding hydrogens is 488 g/mol. The van der Waals surface area contributed by atoms with Crippen LogP contribution < -0.4 is 4.31 Å². The van der Waals surface area contributed by atoms with Crippen LogP contribution in [0.2, 0.25) is 5.02 Å². The molecule has 2 aliphatic carbocycles. The molecule has 5 rings (SSSR count). The first-order chi connectivity index (χ1) is 16.9. The van der Waals surface area contributed by atoms with Crippen LogP contribution in [-0.4, -0.2) is 56.6 Å². The summed E-state index contributed by atoms with van der Waals surface area (Å²) < 4.78 is 21.2. The van der Waals surface area contributed by atoms with Crippen molar-refractivity contribution in [3.05, 3.63) is 65.2 Å². The quantitative estimate of drug-likeness (QED) is 0.511. The van der Waals surface area contributed by atoms with Gasteiger partial charge in [-0.1, -0.05) is 41.9 Å². The zero-order valence-electron chi connectivity index (χ0n) is 19.3. The predicted octanol–water partition coefficient (Wildman–Crippen LogP) is 4.19. The maximum Gasteiger partial charge on any atom is 0.306 e. The molecule has 1 N–H and O–H groups in total. The van der Waals surface area contributed by atoms with Gasteiger partial charge in [0.25, 0.3) is 5.91 Å². The Morgan fingerprint density at radius 2 is 1.80 bits per heavy atom. The van der Waals surface area contributed by atoms with Crippen LogP contribution in [0.4, 0.5) is 5.69 Å². The summed E-state index contributed by atoms with van der Waals surface area (Å²) in [5.41, 5.74) is 1.76. The minimum atomic E-state index is -1.20. The first-order valence-corrected chi connectivity index (χ1v) is 13.6. The number of carboxylic acid groups (broad SMARTS) is 1. The van der Waals surface area contributed by atoms with E-state index in [0.29, 0.717) is 11.6 Å². The van der Waals surface area contributed by atoms with Crippen molar-refractivity contribution in [1.29, 1.82) is 0 Å². The Morgan fingerprint density at radius 1 is 1.11 bits per heavy atom. The summed E-state index contributed by atoms with van der Waals surface area (Å²) in [6.45, 7) is 0.624. The van der Waals surface area contributed by atoms with Gasteiger partial charge in [0, 0.05) is 10.7 Å². The van der Waals surface area contributed by atoms with E-state index in [1.165, 1.54) is 0 Å². The number of ether oxygens (including phenoxy) is 1. The first-order valence-electron chi connectivity index (χ1n) is 12.1. The van der Waals surface area contributed by atoms with Crippen molar-refractivity contribution in [2.24, 2.45) is 5.92 Å². The van der Waals surface area contributed by atoms with Gasteiger partial charge in [-0.25, -0.2) is 4.21 Å². The van der Waals surface area contributed by atoms with Gasteiger partial charge in [-0.3, -0.25) is 13.9 Å². The lowest BCUT2D eigenvalue weighted by Gasteiger charge is -2.45. The molecule has 2 aromatic rings. The molecule has 2 saturated carbocycles. The third-order valence-corrected chi connectivity index (χ3v) is 8.97. The topological polar surface area (TPSA) is 87.2 Å². The molecule has 1 amide bonds. The zero-order valence-corrected chi connectivity index (χ0v) is 20.9. The fraction of sp³-hybridized carbons (Fsp3) is 0.462. The normalized spacial score (nSPS) is 24.1. The van der Waals surface area contributed by atoms with Gasteiger partial charge in [-0.2, -0.15) is 0 Å². The monoisotopic (exact) mass is 516 g/mol. The number of amides is 1. The molecule has 0 bridgehead atoms. The first kappa shape index (κ1) is 24.3. The van der Waals surface area contributed by atoms with Crippen LogP contribution in [0.5, 0.6) is 0 Å². The number of rotatable bonds is 10. The number of hydrogen-bond donors (Lipinski definition) is 1. The van der Waals surface area contributed by atoms with Crippen molar-refractivity contribution >= 4 is 40.2 Å². The van der Waals surface area contributed by atoms with Crippen molar-refractivity contribution in [2.45, 2.75) is 55.5 Å². The second-order valence-corrected chi connectivity index (χ2v) is 11.6. The Morgan fingerprint density at radius 3 is 2.40 bits per heavy atom. The molecule has 4 atom stereocenters. The number of benzene rings is 2.